The van der Waals surface area contributed by atoms with Crippen LogP contribution < -0.4 is 14.8 Å². The van der Waals surface area contributed by atoms with Gasteiger partial charge in [0.2, 0.25) is 5.88 Å². The van der Waals surface area contributed by atoms with E-state index in [1.54, 1.807) is 35.1 Å². The number of nitrogens with zero attached hydrogens (tertiary/aromatic N) is 3. The van der Waals surface area contributed by atoms with E-state index in [4.69, 9.17) is 4.74 Å². The third-order valence-corrected chi connectivity index (χ3v) is 5.14. The lowest BCUT2D eigenvalue weighted by Crippen LogP contribution is -2.53. The summed E-state index contributed by atoms with van der Waals surface area (Å²) >= 11 is 0. The quantitative estimate of drug-likeness (QED) is 0.708. The number of piperazine rings is 1. The van der Waals surface area contributed by atoms with Crippen LogP contribution in [-0.2, 0) is 6.54 Å². The summed E-state index contributed by atoms with van der Waals surface area (Å²) in [5.74, 6) is 0.345. The Hall–Kier alpha value is -3.50. The van der Waals surface area contributed by atoms with Crippen molar-refractivity contribution in [3.05, 3.63) is 53.2 Å². The Morgan fingerprint density at radius 2 is 1.79 bits per heavy atom. The van der Waals surface area contributed by atoms with Crippen LogP contribution in [0.5, 0.6) is 11.6 Å². The van der Waals surface area contributed by atoms with Crippen LogP contribution in [0.15, 0.2) is 36.5 Å². The molecule has 0 aliphatic carbocycles. The molecule has 1 aliphatic heterocycles. The van der Waals surface area contributed by atoms with Gasteiger partial charge in [-0.25, -0.2) is 9.78 Å². The molecule has 178 valence electrons. The van der Waals surface area contributed by atoms with Crippen molar-refractivity contribution in [1.29, 1.82) is 0 Å². The van der Waals surface area contributed by atoms with Crippen LogP contribution in [0.25, 0.3) is 0 Å². The van der Waals surface area contributed by atoms with Gasteiger partial charge in [-0.1, -0.05) is 6.07 Å². The fraction of sp³-hybridized carbons (Fsp3) is 0.409. The van der Waals surface area contributed by atoms with E-state index in [1.165, 1.54) is 12.3 Å². The van der Waals surface area contributed by atoms with E-state index in [-0.39, 0.29) is 24.4 Å². The topological polar surface area (TPSA) is 84.0 Å². The van der Waals surface area contributed by atoms with E-state index in [0.29, 0.717) is 43.1 Å². The summed E-state index contributed by atoms with van der Waals surface area (Å²) in [7, 11) is 1.55. The number of aryl methyl sites for hydroxylation is 1. The van der Waals surface area contributed by atoms with E-state index in [0.717, 1.165) is 5.56 Å². The smallest absolute Gasteiger partial charge is 0.422 e. The maximum atomic E-state index is 12.8. The van der Waals surface area contributed by atoms with Crippen LogP contribution in [-0.4, -0.2) is 72.8 Å². The summed E-state index contributed by atoms with van der Waals surface area (Å²) in [6.07, 6.45) is -3.14. The number of urea groups is 1. The Bertz CT molecular complexity index is 992. The molecule has 0 saturated carbocycles. The number of alkyl halides is 3. The monoisotopic (exact) mass is 466 g/mol. The van der Waals surface area contributed by atoms with Crippen molar-refractivity contribution in [2.45, 2.75) is 19.6 Å². The fourth-order valence-corrected chi connectivity index (χ4v) is 3.33. The second-order valence-corrected chi connectivity index (χ2v) is 7.53. The van der Waals surface area contributed by atoms with E-state index < -0.39 is 12.8 Å². The lowest BCUT2D eigenvalue weighted by Gasteiger charge is -2.34. The van der Waals surface area contributed by atoms with Crippen molar-refractivity contribution < 1.29 is 32.2 Å². The Balaban J connectivity index is 1.48. The number of hydrogen-bond donors (Lipinski definition) is 1. The van der Waals surface area contributed by atoms with Crippen molar-refractivity contribution in [1.82, 2.24) is 20.1 Å². The van der Waals surface area contributed by atoms with E-state index in [9.17, 15) is 22.8 Å². The van der Waals surface area contributed by atoms with Gasteiger partial charge in [0.05, 0.1) is 7.11 Å². The molecule has 0 radical (unpaired) electrons. The van der Waals surface area contributed by atoms with Gasteiger partial charge in [-0.2, -0.15) is 13.2 Å². The molecular weight excluding hydrogens is 441 g/mol. The van der Waals surface area contributed by atoms with Gasteiger partial charge in [-0.05, 0) is 36.2 Å². The first-order valence-electron chi connectivity index (χ1n) is 10.3. The predicted octanol–water partition coefficient (Wildman–Crippen LogP) is 3.01. The normalized spacial score (nSPS) is 14.1. The zero-order valence-corrected chi connectivity index (χ0v) is 18.3. The van der Waals surface area contributed by atoms with Crippen molar-refractivity contribution in [3.8, 4) is 11.6 Å². The SMILES string of the molecule is COc1cc(C(=O)N2CCN(C(=O)NCc3ccnc(OCC(F)(F)F)c3)CC2)ccc1C. The first-order chi connectivity index (χ1) is 15.7. The second-order valence-electron chi connectivity index (χ2n) is 7.53. The van der Waals surface area contributed by atoms with Crippen molar-refractivity contribution >= 4 is 11.9 Å². The molecule has 1 aromatic carbocycles. The number of nitrogens with one attached hydrogen (secondary N) is 1. The summed E-state index contributed by atoms with van der Waals surface area (Å²) in [5.41, 5.74) is 2.01. The van der Waals surface area contributed by atoms with Gasteiger partial charge >= 0.3 is 12.2 Å². The number of benzene rings is 1. The number of hydrogen-bond acceptors (Lipinski definition) is 5. The van der Waals surface area contributed by atoms with Gasteiger partial charge < -0.3 is 24.6 Å². The first kappa shape index (κ1) is 24.1. The maximum absolute atomic E-state index is 12.8. The molecular formula is C22H25F3N4O4. The molecule has 0 spiro atoms. The molecule has 11 heteroatoms. The highest BCUT2D eigenvalue weighted by atomic mass is 19.4. The molecule has 2 aromatic rings. The molecule has 1 aliphatic rings. The Morgan fingerprint density at radius 3 is 2.45 bits per heavy atom. The molecule has 33 heavy (non-hydrogen) atoms. The van der Waals surface area contributed by atoms with Crippen LogP contribution in [0, 0.1) is 6.92 Å². The van der Waals surface area contributed by atoms with E-state index in [1.807, 2.05) is 13.0 Å². The number of ether oxygens (including phenoxy) is 2. The van der Waals surface area contributed by atoms with E-state index in [2.05, 4.69) is 15.0 Å². The number of rotatable bonds is 6. The average molecular weight is 466 g/mol. The highest BCUT2D eigenvalue weighted by Crippen LogP contribution is 2.21. The largest absolute Gasteiger partial charge is 0.496 e. The summed E-state index contributed by atoms with van der Waals surface area (Å²) < 4.78 is 46.7. The zero-order chi connectivity index (χ0) is 24.0. The molecule has 1 aromatic heterocycles. The second kappa shape index (κ2) is 10.4. The van der Waals surface area contributed by atoms with Gasteiger partial charge in [-0.3, -0.25) is 4.79 Å². The number of pyridine rings is 1. The molecule has 0 atom stereocenters. The Labute approximate surface area is 189 Å². The van der Waals surface area contributed by atoms with Crippen molar-refractivity contribution in [3.63, 3.8) is 0 Å². The molecule has 1 saturated heterocycles. The van der Waals surface area contributed by atoms with Crippen LogP contribution in [0.2, 0.25) is 0 Å². The van der Waals surface area contributed by atoms with Gasteiger partial charge in [0.25, 0.3) is 5.91 Å². The highest BCUT2D eigenvalue weighted by Gasteiger charge is 2.29. The predicted molar refractivity (Wildman–Crippen MR) is 113 cm³/mol. The van der Waals surface area contributed by atoms with E-state index >= 15 is 0 Å². The summed E-state index contributed by atoms with van der Waals surface area (Å²) in [6, 6.07) is 7.88. The fourth-order valence-electron chi connectivity index (χ4n) is 3.33. The van der Waals surface area contributed by atoms with Gasteiger partial charge in [-0.15, -0.1) is 0 Å². The Kier molecular flexibility index (Phi) is 7.62. The standard InChI is InChI=1S/C22H25F3N4O4/c1-15-3-4-17(12-18(15)32-2)20(30)28-7-9-29(10-8-28)21(31)27-13-16-5-6-26-19(11-16)33-14-22(23,24)25/h3-6,11-12H,7-10,13-14H2,1-2H3,(H,27,31). The molecule has 0 bridgehead atoms. The summed E-state index contributed by atoms with van der Waals surface area (Å²) in [5, 5.41) is 2.73. The Morgan fingerprint density at radius 1 is 1.09 bits per heavy atom. The van der Waals surface area contributed by atoms with Gasteiger partial charge in [0.15, 0.2) is 6.61 Å². The van der Waals surface area contributed by atoms with Crippen LogP contribution in [0.1, 0.15) is 21.5 Å². The summed E-state index contributed by atoms with van der Waals surface area (Å²) in [6.45, 7) is 2.04. The minimum absolute atomic E-state index is 0.103. The molecule has 2 heterocycles. The molecule has 0 unspecified atom stereocenters. The van der Waals surface area contributed by atoms with Crippen LogP contribution in [0.4, 0.5) is 18.0 Å². The molecule has 1 N–H and O–H groups in total. The highest BCUT2D eigenvalue weighted by molar-refractivity contribution is 5.95. The lowest BCUT2D eigenvalue weighted by molar-refractivity contribution is -0.154. The van der Waals surface area contributed by atoms with Crippen LogP contribution >= 0.6 is 0 Å². The number of amides is 3. The molecule has 1 fully saturated rings. The summed E-state index contributed by atoms with van der Waals surface area (Å²) in [4.78, 5) is 32.3. The number of carbonyl (C=O) groups is 2. The third kappa shape index (κ3) is 6.74. The van der Waals surface area contributed by atoms with Crippen molar-refractivity contribution in [2.75, 3.05) is 39.9 Å². The molecule has 3 amide bonds. The number of methoxy groups -OCH3 is 1. The minimum Gasteiger partial charge on any atom is -0.496 e. The zero-order valence-electron chi connectivity index (χ0n) is 18.3. The number of carbonyl (C=O) groups excluding carboxylic acids is 2. The molecule has 3 rings (SSSR count). The minimum atomic E-state index is -4.46. The van der Waals surface area contributed by atoms with Crippen LogP contribution in [0.3, 0.4) is 0 Å². The third-order valence-electron chi connectivity index (χ3n) is 5.14. The lowest BCUT2D eigenvalue weighted by atomic mass is 10.1. The first-order valence-corrected chi connectivity index (χ1v) is 10.3. The maximum Gasteiger partial charge on any atom is 0.422 e. The van der Waals surface area contributed by atoms with Gasteiger partial charge in [0.1, 0.15) is 5.75 Å². The number of aromatic nitrogens is 1. The van der Waals surface area contributed by atoms with Crippen molar-refractivity contribution in [2.24, 2.45) is 0 Å². The average Bonchev–Trinajstić information content (AvgIpc) is 2.81. The number of halogens is 3. The molecule has 8 nitrogen and oxygen atoms in total. The van der Waals surface area contributed by atoms with Gasteiger partial charge in [0, 0.05) is 50.6 Å².